The van der Waals surface area contributed by atoms with E-state index in [0.29, 0.717) is 17.4 Å². The number of hydrogen-bond donors (Lipinski definition) is 4. The lowest BCUT2D eigenvalue weighted by molar-refractivity contribution is -0.123. The molecular weight excluding hydrogens is 474 g/mol. The highest BCUT2D eigenvalue weighted by molar-refractivity contribution is 5.97. The smallest absolute Gasteiger partial charge is 0.290 e. The molecular formula is C27H47N5O5. The number of hydrogen-bond acceptors (Lipinski definition) is 6. The number of ether oxygens (including phenoxy) is 1. The van der Waals surface area contributed by atoms with Crippen LogP contribution in [0.2, 0.25) is 0 Å². The molecule has 0 bridgehead atoms. The summed E-state index contributed by atoms with van der Waals surface area (Å²) in [6.45, 7) is 15.6. The number of carbonyl (C=O) groups excluding carboxylic acids is 2. The first-order valence-corrected chi connectivity index (χ1v) is 12.6. The van der Waals surface area contributed by atoms with Gasteiger partial charge in [0.15, 0.2) is 0 Å². The summed E-state index contributed by atoms with van der Waals surface area (Å²) >= 11 is 0. The molecule has 1 aromatic rings. The molecule has 10 heteroatoms. The Morgan fingerprint density at radius 1 is 1.35 bits per heavy atom. The van der Waals surface area contributed by atoms with Crippen LogP contribution in [0.25, 0.3) is 6.20 Å². The van der Waals surface area contributed by atoms with Gasteiger partial charge in [0.2, 0.25) is 11.8 Å². The zero-order valence-electron chi connectivity index (χ0n) is 23.9. The van der Waals surface area contributed by atoms with Gasteiger partial charge in [-0.2, -0.15) is 5.10 Å². The molecule has 5 N–H and O–H groups in total. The van der Waals surface area contributed by atoms with E-state index in [2.05, 4.69) is 42.2 Å². The molecule has 1 unspecified atom stereocenters. The summed E-state index contributed by atoms with van der Waals surface area (Å²) in [5.41, 5.74) is 5.83. The highest BCUT2D eigenvalue weighted by Crippen LogP contribution is 2.42. The Hall–Kier alpha value is -3.14. The summed E-state index contributed by atoms with van der Waals surface area (Å²) in [5.74, 6) is 0.663. The number of nitrogens with two attached hydrogens (primary N) is 1. The first-order valence-electron chi connectivity index (χ1n) is 12.6. The molecule has 10 nitrogen and oxygen atoms in total. The maximum atomic E-state index is 13.0. The minimum absolute atomic E-state index is 0.122. The Balaban J connectivity index is 0.00000241. The third-order valence-corrected chi connectivity index (χ3v) is 5.55. The number of nitrogens with one attached hydrogen (secondary N) is 2. The molecule has 1 atom stereocenters. The van der Waals surface area contributed by atoms with Crippen molar-refractivity contribution < 1.29 is 24.2 Å². The zero-order chi connectivity index (χ0) is 28.8. The number of carboxylic acid groups (broad SMARTS) is 1. The zero-order valence-corrected chi connectivity index (χ0v) is 23.9. The van der Waals surface area contributed by atoms with Crippen LogP contribution >= 0.6 is 0 Å². The summed E-state index contributed by atoms with van der Waals surface area (Å²) in [4.78, 5) is 32.8. The largest absolute Gasteiger partial charge is 0.483 e. The Morgan fingerprint density at radius 3 is 2.46 bits per heavy atom. The average Bonchev–Trinajstić information content (AvgIpc) is 3.18. The molecule has 0 aliphatic heterocycles. The van der Waals surface area contributed by atoms with Crippen LogP contribution in [0.1, 0.15) is 91.4 Å². The molecule has 1 aliphatic rings. The Kier molecular flexibility index (Phi) is 14.5. The number of nitrogens with zero attached hydrogens (tertiary/aromatic N) is 2. The molecule has 0 spiro atoms. The summed E-state index contributed by atoms with van der Waals surface area (Å²) in [7, 11) is 1.50. The van der Waals surface area contributed by atoms with Crippen LogP contribution in [-0.2, 0) is 9.59 Å². The molecule has 1 heterocycles. The molecule has 1 aromatic heterocycles. The first kappa shape index (κ1) is 33.9. The van der Waals surface area contributed by atoms with E-state index in [4.69, 9.17) is 14.6 Å². The van der Waals surface area contributed by atoms with Gasteiger partial charge in [0.1, 0.15) is 5.56 Å². The van der Waals surface area contributed by atoms with Crippen molar-refractivity contribution in [2.45, 2.75) is 92.7 Å². The minimum Gasteiger partial charge on any atom is -0.483 e. The quantitative estimate of drug-likeness (QED) is 0.375. The maximum absolute atomic E-state index is 13.0. The van der Waals surface area contributed by atoms with Gasteiger partial charge in [-0.15, -0.1) is 0 Å². The molecule has 1 fully saturated rings. The van der Waals surface area contributed by atoms with E-state index in [1.807, 2.05) is 40.0 Å². The van der Waals surface area contributed by atoms with E-state index in [-0.39, 0.29) is 29.8 Å². The second kappa shape index (κ2) is 15.9. The average molecular weight is 522 g/mol. The molecule has 1 saturated carbocycles. The highest BCUT2D eigenvalue weighted by Gasteiger charge is 2.30. The molecule has 37 heavy (non-hydrogen) atoms. The molecule has 0 saturated heterocycles. The van der Waals surface area contributed by atoms with E-state index in [9.17, 15) is 9.59 Å². The normalized spacial score (nSPS) is 17.8. The second-order valence-electron chi connectivity index (χ2n) is 10.6. The van der Waals surface area contributed by atoms with Crippen molar-refractivity contribution in [2.24, 2.45) is 17.1 Å². The second-order valence-corrected chi connectivity index (χ2v) is 10.6. The van der Waals surface area contributed by atoms with Gasteiger partial charge in [-0.3, -0.25) is 14.4 Å². The van der Waals surface area contributed by atoms with Crippen molar-refractivity contribution >= 4 is 24.5 Å². The van der Waals surface area contributed by atoms with Gasteiger partial charge in [0, 0.05) is 19.3 Å². The number of carbonyl (C=O) groups is 3. The van der Waals surface area contributed by atoms with Gasteiger partial charge in [0.05, 0.1) is 17.8 Å². The fraction of sp³-hybridized carbons (Fsp3) is 0.630. The van der Waals surface area contributed by atoms with Crippen LogP contribution in [0, 0.1) is 11.3 Å². The van der Waals surface area contributed by atoms with Gasteiger partial charge >= 0.3 is 0 Å². The lowest BCUT2D eigenvalue weighted by Crippen LogP contribution is -2.40. The number of rotatable bonds is 8. The van der Waals surface area contributed by atoms with Crippen molar-refractivity contribution in [3.05, 3.63) is 29.6 Å². The van der Waals surface area contributed by atoms with Crippen molar-refractivity contribution in [1.82, 2.24) is 20.4 Å². The van der Waals surface area contributed by atoms with Gasteiger partial charge in [-0.1, -0.05) is 32.8 Å². The summed E-state index contributed by atoms with van der Waals surface area (Å²) in [6, 6.07) is 0. The number of amides is 2. The molecule has 1 aliphatic carbocycles. The van der Waals surface area contributed by atoms with Crippen molar-refractivity contribution in [3.63, 3.8) is 0 Å². The van der Waals surface area contributed by atoms with Gasteiger partial charge in [-0.25, -0.2) is 4.68 Å². The Labute approximate surface area is 221 Å². The fourth-order valence-electron chi connectivity index (χ4n) is 4.33. The lowest BCUT2D eigenvalue weighted by Gasteiger charge is -2.36. The van der Waals surface area contributed by atoms with E-state index in [0.717, 1.165) is 19.3 Å². The van der Waals surface area contributed by atoms with E-state index < -0.39 is 5.54 Å². The van der Waals surface area contributed by atoms with Gasteiger partial charge in [0.25, 0.3) is 12.4 Å². The molecule has 2 rings (SSSR count). The fourth-order valence-corrected chi connectivity index (χ4v) is 4.33. The predicted octanol–water partition coefficient (Wildman–Crippen LogP) is 4.18. The van der Waals surface area contributed by atoms with Crippen LogP contribution in [0.4, 0.5) is 0 Å². The van der Waals surface area contributed by atoms with E-state index in [1.165, 1.54) is 36.8 Å². The van der Waals surface area contributed by atoms with Gasteiger partial charge in [-0.05, 0) is 71.4 Å². The molecule has 0 aromatic carbocycles. The van der Waals surface area contributed by atoms with E-state index >= 15 is 0 Å². The topological polar surface area (TPSA) is 149 Å². The van der Waals surface area contributed by atoms with Crippen LogP contribution < -0.4 is 21.1 Å². The molecule has 210 valence electrons. The minimum atomic E-state index is -0.566. The van der Waals surface area contributed by atoms with E-state index in [1.54, 1.807) is 6.20 Å². The summed E-state index contributed by atoms with van der Waals surface area (Å²) in [5, 5.41) is 17.0. The lowest BCUT2D eigenvalue weighted by atomic mass is 9.69. The highest BCUT2D eigenvalue weighted by atomic mass is 16.5. The van der Waals surface area contributed by atoms with Crippen LogP contribution in [0.15, 0.2) is 24.0 Å². The molecule has 2 amide bonds. The SMILES string of the molecule is CCC1C/C(=C\NC(=O)c2cnn(/C=C/C(C)(C)NC(C)=O)c2OC(C)C)CC(C)(C)C1.CN.O=CO. The van der Waals surface area contributed by atoms with Crippen molar-refractivity contribution in [3.8, 4) is 5.88 Å². The van der Waals surface area contributed by atoms with Crippen LogP contribution in [-0.4, -0.2) is 51.9 Å². The van der Waals surface area contributed by atoms with Crippen molar-refractivity contribution in [2.75, 3.05) is 7.05 Å². The predicted molar refractivity (Wildman–Crippen MR) is 147 cm³/mol. The van der Waals surface area contributed by atoms with Crippen LogP contribution in [0.3, 0.4) is 0 Å². The number of allylic oxidation sites excluding steroid dienone is 1. The Morgan fingerprint density at radius 2 is 1.95 bits per heavy atom. The summed E-state index contributed by atoms with van der Waals surface area (Å²) in [6.07, 6.45) is 11.2. The standard InChI is InChI=1S/C25H40N4O3.CH5N.CH2O2/c1-9-19-12-20(14-24(5,6)13-19)15-26-22(31)21-16-27-29(23(21)32-17(2)3)11-10-25(7,8)28-18(4)30;1-2;2-1-3/h10-11,15-17,19H,9,12-14H2,1-8H3,(H,26,31)(H,28,30);2H2,1H3;1H,(H,2,3)/b11-10+,20-15+;;. The Bertz CT molecular complexity index is 932. The third-order valence-electron chi connectivity index (χ3n) is 5.55. The first-order chi connectivity index (χ1) is 17.2. The van der Waals surface area contributed by atoms with Crippen LogP contribution in [0.5, 0.6) is 5.88 Å². The number of aromatic nitrogens is 2. The van der Waals surface area contributed by atoms with Crippen molar-refractivity contribution in [1.29, 1.82) is 0 Å². The molecule has 0 radical (unpaired) electrons. The summed E-state index contributed by atoms with van der Waals surface area (Å²) < 4.78 is 7.45. The van der Waals surface area contributed by atoms with Gasteiger partial charge < -0.3 is 26.2 Å². The third kappa shape index (κ3) is 12.6. The maximum Gasteiger partial charge on any atom is 0.290 e. The monoisotopic (exact) mass is 521 g/mol.